The van der Waals surface area contributed by atoms with Gasteiger partial charge in [0.05, 0.1) is 12.1 Å². The minimum absolute atomic E-state index is 0.00705. The van der Waals surface area contributed by atoms with E-state index in [1.165, 1.54) is 6.08 Å². The number of fused-ring (bicyclic) bond motifs is 1. The van der Waals surface area contributed by atoms with Crippen molar-refractivity contribution in [3.05, 3.63) is 36.1 Å². The van der Waals surface area contributed by atoms with Crippen molar-refractivity contribution < 1.29 is 4.39 Å². The van der Waals surface area contributed by atoms with Gasteiger partial charge in [-0.3, -0.25) is 0 Å². The first-order valence-corrected chi connectivity index (χ1v) is 7.40. The molecule has 1 fully saturated rings. The molecule has 3 aliphatic rings. The highest BCUT2D eigenvalue weighted by molar-refractivity contribution is 5.29. The standard InChI is InChI=1S/C15H23FN4/c1-10(2)14-9-20(6-5-17-14)15-8-18-12-4-3-11(16)7-13(12)19-15/h3-4,7-8,10,12-14,17-19H,5-6,9H2,1-2H3. The Morgan fingerprint density at radius 2 is 2.20 bits per heavy atom. The highest BCUT2D eigenvalue weighted by atomic mass is 19.1. The molecule has 3 N–H and O–H groups in total. The maximum Gasteiger partial charge on any atom is 0.121 e. The molecule has 3 atom stereocenters. The summed E-state index contributed by atoms with van der Waals surface area (Å²) in [4.78, 5) is 2.34. The number of rotatable bonds is 2. The van der Waals surface area contributed by atoms with Gasteiger partial charge in [0, 0.05) is 31.9 Å². The lowest BCUT2D eigenvalue weighted by molar-refractivity contribution is 0.194. The van der Waals surface area contributed by atoms with Crippen molar-refractivity contribution in [2.24, 2.45) is 5.92 Å². The molecular weight excluding hydrogens is 255 g/mol. The number of piperazine rings is 1. The van der Waals surface area contributed by atoms with Crippen LogP contribution in [-0.4, -0.2) is 42.7 Å². The monoisotopic (exact) mass is 278 g/mol. The molecule has 0 bridgehead atoms. The van der Waals surface area contributed by atoms with E-state index in [2.05, 4.69) is 34.7 Å². The lowest BCUT2D eigenvalue weighted by Crippen LogP contribution is -2.58. The van der Waals surface area contributed by atoms with Crippen LogP contribution in [-0.2, 0) is 0 Å². The fraction of sp³-hybridized carbons (Fsp3) is 0.600. The molecular formula is C15H23FN4. The van der Waals surface area contributed by atoms with E-state index in [1.807, 2.05) is 12.3 Å². The SMILES string of the molecule is CC(C)C1CN(C2=CNC3C=CC(F)=CC3N2)CCN1. The smallest absolute Gasteiger partial charge is 0.121 e. The maximum absolute atomic E-state index is 13.4. The summed E-state index contributed by atoms with van der Waals surface area (Å²) in [5.41, 5.74) is 0. The van der Waals surface area contributed by atoms with Gasteiger partial charge in [-0.2, -0.15) is 0 Å². The van der Waals surface area contributed by atoms with Gasteiger partial charge >= 0.3 is 0 Å². The quantitative estimate of drug-likeness (QED) is 0.706. The Kier molecular flexibility index (Phi) is 3.70. The van der Waals surface area contributed by atoms with Crippen molar-refractivity contribution in [3.8, 4) is 0 Å². The van der Waals surface area contributed by atoms with Crippen molar-refractivity contribution in [1.29, 1.82) is 0 Å². The molecule has 2 aliphatic heterocycles. The maximum atomic E-state index is 13.4. The molecule has 20 heavy (non-hydrogen) atoms. The zero-order valence-electron chi connectivity index (χ0n) is 12.1. The number of hydrogen-bond acceptors (Lipinski definition) is 4. The van der Waals surface area contributed by atoms with Crippen LogP contribution in [0.3, 0.4) is 0 Å². The highest BCUT2D eigenvalue weighted by Gasteiger charge is 2.29. The van der Waals surface area contributed by atoms with Crippen LogP contribution in [0.15, 0.2) is 36.1 Å². The second-order valence-corrected chi connectivity index (χ2v) is 6.05. The van der Waals surface area contributed by atoms with Crippen LogP contribution >= 0.6 is 0 Å². The van der Waals surface area contributed by atoms with Crippen LogP contribution in [0.5, 0.6) is 0 Å². The number of nitrogens with zero attached hydrogens (tertiary/aromatic N) is 1. The molecule has 0 saturated carbocycles. The summed E-state index contributed by atoms with van der Waals surface area (Å²) in [6, 6.07) is 0.636. The lowest BCUT2D eigenvalue weighted by atomic mass is 10.00. The topological polar surface area (TPSA) is 39.3 Å². The van der Waals surface area contributed by atoms with E-state index < -0.39 is 0 Å². The molecule has 0 spiro atoms. The van der Waals surface area contributed by atoms with Gasteiger partial charge in [-0.05, 0) is 18.1 Å². The fourth-order valence-corrected chi connectivity index (χ4v) is 2.95. The first-order valence-electron chi connectivity index (χ1n) is 7.40. The molecule has 0 aromatic rings. The van der Waals surface area contributed by atoms with Crippen LogP contribution in [0.2, 0.25) is 0 Å². The van der Waals surface area contributed by atoms with E-state index in [-0.39, 0.29) is 17.9 Å². The molecule has 0 aromatic carbocycles. The summed E-state index contributed by atoms with van der Waals surface area (Å²) in [7, 11) is 0. The summed E-state index contributed by atoms with van der Waals surface area (Å²) in [5.74, 6) is 1.51. The predicted octanol–water partition coefficient (Wildman–Crippen LogP) is 1.07. The van der Waals surface area contributed by atoms with Gasteiger partial charge in [-0.15, -0.1) is 0 Å². The molecule has 0 amide bonds. The van der Waals surface area contributed by atoms with Gasteiger partial charge in [0.1, 0.15) is 11.6 Å². The average molecular weight is 278 g/mol. The van der Waals surface area contributed by atoms with Crippen LogP contribution in [0.4, 0.5) is 4.39 Å². The summed E-state index contributed by atoms with van der Waals surface area (Å²) in [5, 5.41) is 10.3. The summed E-state index contributed by atoms with van der Waals surface area (Å²) in [6.45, 7) is 7.42. The normalized spacial score (nSPS) is 33.0. The highest BCUT2D eigenvalue weighted by Crippen LogP contribution is 2.19. The minimum atomic E-state index is -0.165. The van der Waals surface area contributed by atoms with Crippen LogP contribution in [0, 0.1) is 5.92 Å². The fourth-order valence-electron chi connectivity index (χ4n) is 2.95. The van der Waals surface area contributed by atoms with Crippen molar-refractivity contribution in [2.75, 3.05) is 19.6 Å². The van der Waals surface area contributed by atoms with Crippen molar-refractivity contribution in [2.45, 2.75) is 32.0 Å². The third-order valence-corrected chi connectivity index (χ3v) is 4.27. The molecule has 0 radical (unpaired) electrons. The third kappa shape index (κ3) is 2.68. The first kappa shape index (κ1) is 13.5. The Morgan fingerprint density at radius 1 is 1.35 bits per heavy atom. The Bertz CT molecular complexity index is 455. The zero-order chi connectivity index (χ0) is 14.1. The summed E-state index contributed by atoms with van der Waals surface area (Å²) < 4.78 is 13.4. The van der Waals surface area contributed by atoms with E-state index in [4.69, 9.17) is 0 Å². The zero-order valence-corrected chi connectivity index (χ0v) is 12.1. The largest absolute Gasteiger partial charge is 0.379 e. The number of allylic oxidation sites excluding steroid dienone is 2. The van der Waals surface area contributed by atoms with Gasteiger partial charge in [-0.25, -0.2) is 4.39 Å². The first-order chi connectivity index (χ1) is 9.63. The Morgan fingerprint density at radius 3 is 3.00 bits per heavy atom. The predicted molar refractivity (Wildman–Crippen MR) is 78.5 cm³/mol. The second-order valence-electron chi connectivity index (χ2n) is 6.05. The molecule has 3 rings (SSSR count). The van der Waals surface area contributed by atoms with Crippen molar-refractivity contribution >= 4 is 0 Å². The van der Waals surface area contributed by atoms with Gasteiger partial charge in [-0.1, -0.05) is 19.9 Å². The van der Waals surface area contributed by atoms with E-state index >= 15 is 0 Å². The van der Waals surface area contributed by atoms with Crippen molar-refractivity contribution in [1.82, 2.24) is 20.9 Å². The van der Waals surface area contributed by atoms with E-state index in [0.29, 0.717) is 12.0 Å². The molecule has 4 nitrogen and oxygen atoms in total. The molecule has 2 heterocycles. The molecule has 110 valence electrons. The van der Waals surface area contributed by atoms with Gasteiger partial charge < -0.3 is 20.9 Å². The van der Waals surface area contributed by atoms with E-state index in [1.54, 1.807) is 6.08 Å². The molecule has 1 saturated heterocycles. The molecule has 0 aromatic heterocycles. The summed E-state index contributed by atoms with van der Waals surface area (Å²) in [6.07, 6.45) is 7.06. The number of nitrogens with one attached hydrogen (secondary N) is 3. The van der Waals surface area contributed by atoms with Crippen LogP contribution in [0.25, 0.3) is 0 Å². The van der Waals surface area contributed by atoms with Crippen molar-refractivity contribution in [3.63, 3.8) is 0 Å². The average Bonchev–Trinajstić information content (AvgIpc) is 2.46. The second kappa shape index (κ2) is 5.48. The Labute approximate surface area is 119 Å². The Hall–Kier alpha value is -1.49. The molecule has 5 heteroatoms. The molecule has 1 aliphatic carbocycles. The number of hydrogen-bond donors (Lipinski definition) is 3. The van der Waals surface area contributed by atoms with E-state index in [0.717, 1.165) is 25.5 Å². The number of halogens is 1. The summed E-state index contributed by atoms with van der Waals surface area (Å²) >= 11 is 0. The van der Waals surface area contributed by atoms with Gasteiger partial charge in [0.2, 0.25) is 0 Å². The van der Waals surface area contributed by atoms with Gasteiger partial charge in [0.15, 0.2) is 0 Å². The van der Waals surface area contributed by atoms with Crippen LogP contribution < -0.4 is 16.0 Å². The van der Waals surface area contributed by atoms with E-state index in [9.17, 15) is 4.39 Å². The third-order valence-electron chi connectivity index (χ3n) is 4.27. The Balaban J connectivity index is 1.69. The van der Waals surface area contributed by atoms with Gasteiger partial charge in [0.25, 0.3) is 0 Å². The lowest BCUT2D eigenvalue weighted by Gasteiger charge is -2.42. The van der Waals surface area contributed by atoms with Crippen LogP contribution in [0.1, 0.15) is 13.8 Å². The minimum Gasteiger partial charge on any atom is -0.379 e. The molecule has 3 unspecified atom stereocenters.